The van der Waals surface area contributed by atoms with Gasteiger partial charge in [-0.15, -0.1) is 0 Å². The molecule has 100 valence electrons. The van der Waals surface area contributed by atoms with Gasteiger partial charge in [0.1, 0.15) is 5.75 Å². The van der Waals surface area contributed by atoms with Crippen LogP contribution in [-0.2, 0) is 0 Å². The van der Waals surface area contributed by atoms with Crippen LogP contribution in [-0.4, -0.2) is 24.7 Å². The lowest BCUT2D eigenvalue weighted by Gasteiger charge is -2.39. The summed E-state index contributed by atoms with van der Waals surface area (Å²) in [7, 11) is 0. The maximum absolute atomic E-state index is 6.23. The van der Waals surface area contributed by atoms with Gasteiger partial charge in [0, 0.05) is 24.3 Å². The summed E-state index contributed by atoms with van der Waals surface area (Å²) in [6, 6.07) is 8.33. The van der Waals surface area contributed by atoms with Crippen LogP contribution < -0.4 is 15.4 Å². The fraction of sp³-hybridized carbons (Fsp3) is 0.600. The van der Waals surface area contributed by atoms with Gasteiger partial charge in [0.05, 0.1) is 6.10 Å². The summed E-state index contributed by atoms with van der Waals surface area (Å²) in [4.78, 5) is 2.36. The monoisotopic (exact) mass is 248 g/mol. The first kappa shape index (κ1) is 13.2. The molecule has 0 aromatic heterocycles. The van der Waals surface area contributed by atoms with Crippen molar-refractivity contribution in [3.63, 3.8) is 0 Å². The van der Waals surface area contributed by atoms with Crippen molar-refractivity contribution in [2.24, 2.45) is 5.73 Å². The van der Waals surface area contributed by atoms with Crippen molar-refractivity contribution in [3.05, 3.63) is 24.3 Å². The van der Waals surface area contributed by atoms with E-state index < -0.39 is 0 Å². The Kier molecular flexibility index (Phi) is 3.81. The third-order valence-corrected chi connectivity index (χ3v) is 3.30. The molecule has 1 unspecified atom stereocenters. The number of anilines is 1. The molecular weight excluding hydrogens is 224 g/mol. The van der Waals surface area contributed by atoms with Gasteiger partial charge in [0.2, 0.25) is 0 Å². The van der Waals surface area contributed by atoms with Gasteiger partial charge in [0.25, 0.3) is 0 Å². The Morgan fingerprint density at radius 3 is 2.50 bits per heavy atom. The fourth-order valence-corrected chi connectivity index (χ4v) is 2.50. The van der Waals surface area contributed by atoms with Crippen molar-refractivity contribution < 1.29 is 4.74 Å². The molecule has 0 radical (unpaired) electrons. The lowest BCUT2D eigenvalue weighted by atomic mass is 9.92. The van der Waals surface area contributed by atoms with Crippen LogP contribution in [0.5, 0.6) is 5.75 Å². The molecule has 3 nitrogen and oxygen atoms in total. The van der Waals surface area contributed by atoms with Gasteiger partial charge < -0.3 is 15.4 Å². The molecule has 1 heterocycles. The van der Waals surface area contributed by atoms with Gasteiger partial charge >= 0.3 is 0 Å². The molecule has 0 spiro atoms. The number of nitrogens with zero attached hydrogens (tertiary/aromatic N) is 1. The van der Waals surface area contributed by atoms with E-state index in [0.29, 0.717) is 0 Å². The zero-order valence-electron chi connectivity index (χ0n) is 11.6. The molecule has 1 fully saturated rings. The van der Waals surface area contributed by atoms with E-state index in [-0.39, 0.29) is 11.6 Å². The quantitative estimate of drug-likeness (QED) is 0.894. The minimum absolute atomic E-state index is 0.0641. The second-order valence-corrected chi connectivity index (χ2v) is 5.84. The number of hydrogen-bond donors (Lipinski definition) is 1. The second-order valence-electron chi connectivity index (χ2n) is 5.84. The highest BCUT2D eigenvalue weighted by molar-refractivity contribution is 5.50. The Bertz CT molecular complexity index is 384. The molecule has 2 N–H and O–H groups in total. The highest BCUT2D eigenvalue weighted by Gasteiger charge is 2.26. The van der Waals surface area contributed by atoms with E-state index in [1.807, 2.05) is 26.0 Å². The molecule has 1 aliphatic rings. The molecule has 1 aromatic carbocycles. The van der Waals surface area contributed by atoms with Crippen molar-refractivity contribution in [1.29, 1.82) is 0 Å². The molecule has 0 aliphatic carbocycles. The first-order chi connectivity index (χ1) is 8.46. The summed E-state index contributed by atoms with van der Waals surface area (Å²) in [6.07, 6.45) is 2.49. The molecule has 1 aromatic rings. The number of nitrogens with two attached hydrogens (primary N) is 1. The molecule has 1 saturated heterocycles. The maximum atomic E-state index is 6.23. The van der Waals surface area contributed by atoms with Crippen LogP contribution in [0.4, 0.5) is 5.69 Å². The van der Waals surface area contributed by atoms with Gasteiger partial charge in [0.15, 0.2) is 0 Å². The van der Waals surface area contributed by atoms with Gasteiger partial charge in [-0.3, -0.25) is 0 Å². The molecule has 0 bridgehead atoms. The smallest absolute Gasteiger partial charge is 0.119 e. The Hall–Kier alpha value is -1.22. The summed E-state index contributed by atoms with van der Waals surface area (Å²) in [5.41, 5.74) is 7.41. The van der Waals surface area contributed by atoms with E-state index in [9.17, 15) is 0 Å². The zero-order valence-corrected chi connectivity index (χ0v) is 11.6. The lowest BCUT2D eigenvalue weighted by Crippen LogP contribution is -2.52. The van der Waals surface area contributed by atoms with Crippen LogP contribution in [0.15, 0.2) is 24.3 Å². The molecule has 3 heteroatoms. The van der Waals surface area contributed by atoms with Crippen LogP contribution >= 0.6 is 0 Å². The van der Waals surface area contributed by atoms with Gasteiger partial charge in [-0.05, 0) is 57.9 Å². The number of piperidine rings is 1. The van der Waals surface area contributed by atoms with Crippen molar-refractivity contribution in [2.75, 3.05) is 18.0 Å². The molecule has 1 aliphatic heterocycles. The van der Waals surface area contributed by atoms with Crippen LogP contribution in [0.1, 0.15) is 33.6 Å². The highest BCUT2D eigenvalue weighted by Crippen LogP contribution is 2.26. The molecule has 2 rings (SSSR count). The SMILES string of the molecule is CC(C)Oc1ccc(N2CCCC(C)(N)C2)cc1. The minimum atomic E-state index is -0.0641. The van der Waals surface area contributed by atoms with Gasteiger partial charge in [-0.25, -0.2) is 0 Å². The normalized spacial score (nSPS) is 24.4. The lowest BCUT2D eigenvalue weighted by molar-refractivity contribution is 0.242. The van der Waals surface area contributed by atoms with Gasteiger partial charge in [-0.1, -0.05) is 0 Å². The van der Waals surface area contributed by atoms with Crippen LogP contribution in [0.3, 0.4) is 0 Å². The summed E-state index contributed by atoms with van der Waals surface area (Å²) < 4.78 is 5.65. The van der Waals surface area contributed by atoms with Crippen LogP contribution in [0.25, 0.3) is 0 Å². The summed E-state index contributed by atoms with van der Waals surface area (Å²) >= 11 is 0. The summed E-state index contributed by atoms with van der Waals surface area (Å²) in [5.74, 6) is 0.932. The van der Waals surface area contributed by atoms with Crippen molar-refractivity contribution in [2.45, 2.75) is 45.3 Å². The van der Waals surface area contributed by atoms with Crippen LogP contribution in [0, 0.1) is 0 Å². The molecule has 1 atom stereocenters. The van der Waals surface area contributed by atoms with E-state index in [1.165, 1.54) is 5.69 Å². The van der Waals surface area contributed by atoms with E-state index in [1.54, 1.807) is 0 Å². The minimum Gasteiger partial charge on any atom is -0.491 e. The Morgan fingerprint density at radius 1 is 1.28 bits per heavy atom. The third-order valence-electron chi connectivity index (χ3n) is 3.30. The Labute approximate surface area is 110 Å². The van der Waals surface area contributed by atoms with Crippen molar-refractivity contribution in [3.8, 4) is 5.75 Å². The van der Waals surface area contributed by atoms with Crippen molar-refractivity contribution in [1.82, 2.24) is 0 Å². The number of ether oxygens (including phenoxy) is 1. The van der Waals surface area contributed by atoms with E-state index >= 15 is 0 Å². The number of hydrogen-bond acceptors (Lipinski definition) is 3. The fourth-order valence-electron chi connectivity index (χ4n) is 2.50. The second kappa shape index (κ2) is 5.19. The number of benzene rings is 1. The molecule has 0 saturated carbocycles. The van der Waals surface area contributed by atoms with E-state index in [0.717, 1.165) is 31.7 Å². The van der Waals surface area contributed by atoms with Gasteiger partial charge in [-0.2, -0.15) is 0 Å². The predicted molar refractivity (Wildman–Crippen MR) is 76.2 cm³/mol. The molecular formula is C15H24N2O. The standard InChI is InChI=1S/C15H24N2O/c1-12(2)18-14-7-5-13(6-8-14)17-10-4-9-15(3,16)11-17/h5-8,12H,4,9-11,16H2,1-3H3. The van der Waals surface area contributed by atoms with Crippen molar-refractivity contribution >= 4 is 5.69 Å². The first-order valence-electron chi connectivity index (χ1n) is 6.77. The summed E-state index contributed by atoms with van der Waals surface area (Å²) in [6.45, 7) is 8.24. The van der Waals surface area contributed by atoms with Crippen LogP contribution in [0.2, 0.25) is 0 Å². The Balaban J connectivity index is 2.05. The maximum Gasteiger partial charge on any atom is 0.119 e. The topological polar surface area (TPSA) is 38.5 Å². The average Bonchev–Trinajstić information content (AvgIpc) is 2.28. The largest absolute Gasteiger partial charge is 0.491 e. The van der Waals surface area contributed by atoms with E-state index in [2.05, 4.69) is 24.0 Å². The first-order valence-corrected chi connectivity index (χ1v) is 6.77. The Morgan fingerprint density at radius 2 is 1.94 bits per heavy atom. The highest BCUT2D eigenvalue weighted by atomic mass is 16.5. The third kappa shape index (κ3) is 3.39. The zero-order chi connectivity index (χ0) is 13.2. The average molecular weight is 248 g/mol. The molecule has 0 amide bonds. The predicted octanol–water partition coefficient (Wildman–Crippen LogP) is 2.79. The summed E-state index contributed by atoms with van der Waals surface area (Å²) in [5, 5.41) is 0. The van der Waals surface area contributed by atoms with E-state index in [4.69, 9.17) is 10.5 Å². The number of rotatable bonds is 3. The molecule has 18 heavy (non-hydrogen) atoms.